The molecule has 7 heteroatoms. The highest BCUT2D eigenvalue weighted by atomic mass is 16.4. The quantitative estimate of drug-likeness (QED) is 0.583. The molecule has 1 aromatic heterocycles. The number of carbonyl (C=O) groups excluding carboxylic acids is 1. The van der Waals surface area contributed by atoms with E-state index < -0.39 is 11.9 Å². The van der Waals surface area contributed by atoms with Gasteiger partial charge in [-0.05, 0) is 30.3 Å². The molecule has 7 nitrogen and oxygen atoms in total. The molecule has 0 spiro atoms. The molecule has 1 aromatic carbocycles. The van der Waals surface area contributed by atoms with Gasteiger partial charge in [0, 0.05) is 25.0 Å². The molecule has 0 unspecified atom stereocenters. The maximum absolute atomic E-state index is 11.7. The zero-order valence-corrected chi connectivity index (χ0v) is 11.1. The van der Waals surface area contributed by atoms with Crippen molar-refractivity contribution in [2.24, 2.45) is 7.05 Å². The average Bonchev–Trinajstić information content (AvgIpc) is 2.84. The Bertz CT molecular complexity index is 719. The summed E-state index contributed by atoms with van der Waals surface area (Å²) in [5.41, 5.74) is 0.760. The van der Waals surface area contributed by atoms with E-state index in [-0.39, 0.29) is 17.0 Å². The van der Waals surface area contributed by atoms with Gasteiger partial charge < -0.3 is 15.5 Å². The number of benzene rings is 1. The fourth-order valence-corrected chi connectivity index (χ4v) is 1.68. The average molecular weight is 287 g/mol. The second kappa shape index (κ2) is 5.91. The van der Waals surface area contributed by atoms with E-state index >= 15 is 0 Å². The van der Waals surface area contributed by atoms with E-state index in [1.54, 1.807) is 30.1 Å². The smallest absolute Gasteiger partial charge is 0.339 e. The van der Waals surface area contributed by atoms with Crippen LogP contribution < -0.4 is 5.32 Å². The van der Waals surface area contributed by atoms with Crippen LogP contribution in [0.15, 0.2) is 36.5 Å². The SMILES string of the molecule is Cn1nccc1/C=C/C(=O)Nc1ccc(O)c(C(=O)O)c1. The van der Waals surface area contributed by atoms with E-state index in [0.717, 1.165) is 5.69 Å². The van der Waals surface area contributed by atoms with E-state index in [4.69, 9.17) is 5.11 Å². The first kappa shape index (κ1) is 14.3. The number of hydrogen-bond donors (Lipinski definition) is 3. The van der Waals surface area contributed by atoms with Gasteiger partial charge >= 0.3 is 5.97 Å². The lowest BCUT2D eigenvalue weighted by molar-refractivity contribution is -0.111. The Hall–Kier alpha value is -3.09. The van der Waals surface area contributed by atoms with Crippen LogP contribution in [0.25, 0.3) is 6.08 Å². The number of phenols is 1. The van der Waals surface area contributed by atoms with Gasteiger partial charge in [-0.25, -0.2) is 4.79 Å². The Morgan fingerprint density at radius 1 is 1.33 bits per heavy atom. The lowest BCUT2D eigenvalue weighted by Crippen LogP contribution is -2.09. The third-order valence-electron chi connectivity index (χ3n) is 2.76. The van der Waals surface area contributed by atoms with Crippen molar-refractivity contribution in [1.29, 1.82) is 0 Å². The minimum absolute atomic E-state index is 0.275. The molecular formula is C14H13N3O4. The first-order valence-corrected chi connectivity index (χ1v) is 6.01. The summed E-state index contributed by atoms with van der Waals surface area (Å²) in [5, 5.41) is 24.7. The van der Waals surface area contributed by atoms with Gasteiger partial charge in [-0.3, -0.25) is 9.48 Å². The van der Waals surface area contributed by atoms with E-state index in [1.165, 1.54) is 24.3 Å². The van der Waals surface area contributed by atoms with Crippen molar-refractivity contribution in [2.45, 2.75) is 0 Å². The second-order valence-electron chi connectivity index (χ2n) is 4.24. The minimum atomic E-state index is -1.27. The van der Waals surface area contributed by atoms with E-state index in [0.29, 0.717) is 0 Å². The molecule has 0 radical (unpaired) electrons. The van der Waals surface area contributed by atoms with Gasteiger partial charge in [0.1, 0.15) is 11.3 Å². The van der Waals surface area contributed by atoms with Crippen molar-refractivity contribution in [3.8, 4) is 5.75 Å². The summed E-state index contributed by atoms with van der Waals surface area (Å²) >= 11 is 0. The van der Waals surface area contributed by atoms with Crippen LogP contribution in [0, 0.1) is 0 Å². The maximum Gasteiger partial charge on any atom is 0.339 e. The number of aromatic carboxylic acids is 1. The molecule has 3 N–H and O–H groups in total. The minimum Gasteiger partial charge on any atom is -0.507 e. The van der Waals surface area contributed by atoms with Crippen LogP contribution >= 0.6 is 0 Å². The summed E-state index contributed by atoms with van der Waals surface area (Å²) in [5.74, 6) is -2.04. The summed E-state index contributed by atoms with van der Waals surface area (Å²) in [6.45, 7) is 0. The number of aryl methyl sites for hydroxylation is 1. The number of hydrogen-bond acceptors (Lipinski definition) is 4. The van der Waals surface area contributed by atoms with Crippen LogP contribution in [0.4, 0.5) is 5.69 Å². The molecule has 0 fully saturated rings. The van der Waals surface area contributed by atoms with Gasteiger partial charge in [-0.1, -0.05) is 0 Å². The number of nitrogens with zero attached hydrogens (tertiary/aromatic N) is 2. The monoisotopic (exact) mass is 287 g/mol. The molecule has 21 heavy (non-hydrogen) atoms. The van der Waals surface area contributed by atoms with E-state index in [9.17, 15) is 14.7 Å². The summed E-state index contributed by atoms with van der Waals surface area (Å²) in [6.07, 6.45) is 4.50. The van der Waals surface area contributed by atoms with Crippen LogP contribution in [-0.4, -0.2) is 31.9 Å². The van der Waals surface area contributed by atoms with Gasteiger partial charge in [0.15, 0.2) is 0 Å². The molecular weight excluding hydrogens is 274 g/mol. The van der Waals surface area contributed by atoms with Gasteiger partial charge in [0.05, 0.1) is 5.69 Å². The zero-order chi connectivity index (χ0) is 15.4. The Labute approximate surface area is 120 Å². The number of carbonyl (C=O) groups is 2. The van der Waals surface area contributed by atoms with Crippen LogP contribution in [0.3, 0.4) is 0 Å². The molecule has 1 amide bonds. The molecule has 0 saturated heterocycles. The molecule has 108 valence electrons. The Morgan fingerprint density at radius 3 is 2.71 bits per heavy atom. The van der Waals surface area contributed by atoms with Gasteiger partial charge in [0.2, 0.25) is 5.91 Å². The maximum atomic E-state index is 11.7. The molecule has 0 atom stereocenters. The van der Waals surface area contributed by atoms with Gasteiger partial charge in [-0.2, -0.15) is 5.10 Å². The van der Waals surface area contributed by atoms with Crippen molar-refractivity contribution in [3.63, 3.8) is 0 Å². The number of rotatable bonds is 4. The predicted molar refractivity (Wildman–Crippen MR) is 75.9 cm³/mol. The number of nitrogens with one attached hydrogen (secondary N) is 1. The van der Waals surface area contributed by atoms with E-state index in [2.05, 4.69) is 10.4 Å². The molecule has 0 bridgehead atoms. The van der Waals surface area contributed by atoms with Crippen LogP contribution in [0.5, 0.6) is 5.75 Å². The number of aromatic nitrogens is 2. The third-order valence-corrected chi connectivity index (χ3v) is 2.76. The van der Waals surface area contributed by atoms with Crippen molar-refractivity contribution < 1.29 is 19.8 Å². The van der Waals surface area contributed by atoms with Crippen molar-refractivity contribution in [1.82, 2.24) is 9.78 Å². The molecule has 2 aromatic rings. The number of amides is 1. The third kappa shape index (κ3) is 3.47. The van der Waals surface area contributed by atoms with Crippen molar-refractivity contribution >= 4 is 23.6 Å². The Morgan fingerprint density at radius 2 is 2.10 bits per heavy atom. The highest BCUT2D eigenvalue weighted by Gasteiger charge is 2.10. The summed E-state index contributed by atoms with van der Waals surface area (Å²) in [4.78, 5) is 22.6. The topological polar surface area (TPSA) is 104 Å². The number of aromatic hydroxyl groups is 1. The summed E-state index contributed by atoms with van der Waals surface area (Å²) in [7, 11) is 1.75. The number of carboxylic acid groups (broad SMARTS) is 1. The standard InChI is InChI=1S/C14H13N3O4/c1-17-10(6-7-15-17)3-5-13(19)16-9-2-4-12(18)11(8-9)14(20)21/h2-8,18H,1H3,(H,16,19)(H,20,21)/b5-3+. The summed E-state index contributed by atoms with van der Waals surface area (Å²) < 4.78 is 1.60. The molecule has 2 rings (SSSR count). The lowest BCUT2D eigenvalue weighted by Gasteiger charge is -2.05. The Kier molecular flexibility index (Phi) is 4.03. The van der Waals surface area contributed by atoms with Crippen molar-refractivity contribution in [3.05, 3.63) is 47.8 Å². The molecule has 0 saturated carbocycles. The van der Waals surface area contributed by atoms with Crippen LogP contribution in [-0.2, 0) is 11.8 Å². The van der Waals surface area contributed by atoms with Gasteiger partial charge in [-0.15, -0.1) is 0 Å². The lowest BCUT2D eigenvalue weighted by atomic mass is 10.2. The van der Waals surface area contributed by atoms with Crippen LogP contribution in [0.2, 0.25) is 0 Å². The first-order chi connectivity index (χ1) is 9.97. The molecule has 0 aliphatic carbocycles. The van der Waals surface area contributed by atoms with Crippen molar-refractivity contribution in [2.75, 3.05) is 5.32 Å². The second-order valence-corrected chi connectivity index (χ2v) is 4.24. The molecule has 1 heterocycles. The molecule has 0 aliphatic heterocycles. The van der Waals surface area contributed by atoms with Crippen LogP contribution in [0.1, 0.15) is 16.1 Å². The van der Waals surface area contributed by atoms with Gasteiger partial charge in [0.25, 0.3) is 0 Å². The summed E-state index contributed by atoms with van der Waals surface area (Å²) in [6, 6.07) is 5.56. The number of anilines is 1. The highest BCUT2D eigenvalue weighted by Crippen LogP contribution is 2.21. The fraction of sp³-hybridized carbons (Fsp3) is 0.0714. The number of carboxylic acids is 1. The fourth-order valence-electron chi connectivity index (χ4n) is 1.68. The highest BCUT2D eigenvalue weighted by molar-refractivity contribution is 6.02. The predicted octanol–water partition coefficient (Wildman–Crippen LogP) is 1.48. The largest absolute Gasteiger partial charge is 0.507 e. The zero-order valence-electron chi connectivity index (χ0n) is 11.1. The molecule has 0 aliphatic rings. The normalized spacial score (nSPS) is 10.7. The Balaban J connectivity index is 2.10. The first-order valence-electron chi connectivity index (χ1n) is 6.01. The van der Waals surface area contributed by atoms with E-state index in [1.807, 2.05) is 0 Å².